The lowest BCUT2D eigenvalue weighted by Crippen LogP contribution is -2.37. The minimum absolute atomic E-state index is 0.0347. The molecule has 0 aromatic carbocycles. The van der Waals surface area contributed by atoms with E-state index in [1.165, 1.54) is 6.07 Å². The van der Waals surface area contributed by atoms with Gasteiger partial charge in [-0.15, -0.1) is 0 Å². The van der Waals surface area contributed by atoms with Gasteiger partial charge in [0, 0.05) is 18.2 Å². The van der Waals surface area contributed by atoms with Gasteiger partial charge in [0.25, 0.3) is 5.91 Å². The fourth-order valence-corrected chi connectivity index (χ4v) is 1.95. The van der Waals surface area contributed by atoms with Gasteiger partial charge in [-0.3, -0.25) is 9.59 Å². The summed E-state index contributed by atoms with van der Waals surface area (Å²) >= 11 is 5.90. The lowest BCUT2D eigenvalue weighted by Gasteiger charge is -2.09. The molecule has 114 valence electrons. The van der Waals surface area contributed by atoms with Gasteiger partial charge >= 0.3 is 0 Å². The molecule has 7 heteroatoms. The van der Waals surface area contributed by atoms with Crippen molar-refractivity contribution in [3.05, 3.63) is 22.8 Å². The molecular formula is C14H19ClN4O2. The summed E-state index contributed by atoms with van der Waals surface area (Å²) in [5, 5.41) is 8.70. The minimum Gasteiger partial charge on any atom is -0.370 e. The molecule has 0 saturated heterocycles. The van der Waals surface area contributed by atoms with Crippen molar-refractivity contribution < 1.29 is 9.59 Å². The molecule has 1 saturated carbocycles. The molecule has 6 nitrogen and oxygen atoms in total. The van der Waals surface area contributed by atoms with E-state index in [0.717, 1.165) is 25.8 Å². The maximum Gasteiger partial charge on any atom is 0.251 e. The predicted octanol–water partition coefficient (Wildman–Crippen LogP) is 1.57. The summed E-state index contributed by atoms with van der Waals surface area (Å²) in [4.78, 5) is 27.6. The third-order valence-corrected chi connectivity index (χ3v) is 3.16. The van der Waals surface area contributed by atoms with E-state index in [-0.39, 0.29) is 29.6 Å². The minimum atomic E-state index is -0.343. The summed E-state index contributed by atoms with van der Waals surface area (Å²) in [5.74, 6) is 0.0389. The zero-order chi connectivity index (χ0) is 15.2. The van der Waals surface area contributed by atoms with Crippen molar-refractivity contribution in [3.63, 3.8) is 0 Å². The van der Waals surface area contributed by atoms with Crippen LogP contribution in [0.5, 0.6) is 0 Å². The Balaban J connectivity index is 1.90. The van der Waals surface area contributed by atoms with Gasteiger partial charge in [0.05, 0.1) is 6.54 Å². The SMILES string of the molecule is CCCNc1cc(C(=O)NCC(=O)NC2CC2)cc(Cl)n1. The topological polar surface area (TPSA) is 83.1 Å². The van der Waals surface area contributed by atoms with Crippen LogP contribution in [0.25, 0.3) is 0 Å². The fraction of sp³-hybridized carbons (Fsp3) is 0.500. The maximum atomic E-state index is 12.0. The van der Waals surface area contributed by atoms with E-state index < -0.39 is 0 Å². The molecular weight excluding hydrogens is 292 g/mol. The predicted molar refractivity (Wildman–Crippen MR) is 81.5 cm³/mol. The second kappa shape index (κ2) is 7.26. The van der Waals surface area contributed by atoms with E-state index in [1.54, 1.807) is 6.07 Å². The van der Waals surface area contributed by atoms with Crippen molar-refractivity contribution in [1.29, 1.82) is 0 Å². The third-order valence-electron chi connectivity index (χ3n) is 2.96. The molecule has 2 rings (SSSR count). The zero-order valence-electron chi connectivity index (χ0n) is 11.9. The number of anilines is 1. The highest BCUT2D eigenvalue weighted by Gasteiger charge is 2.23. The molecule has 1 heterocycles. The molecule has 2 amide bonds. The van der Waals surface area contributed by atoms with Gasteiger partial charge in [-0.1, -0.05) is 18.5 Å². The molecule has 1 aliphatic carbocycles. The van der Waals surface area contributed by atoms with Crippen LogP contribution in [0.2, 0.25) is 5.15 Å². The smallest absolute Gasteiger partial charge is 0.251 e. The molecule has 3 N–H and O–H groups in total. The second-order valence-electron chi connectivity index (χ2n) is 5.02. The standard InChI is InChI=1S/C14H19ClN4O2/c1-2-5-16-12-7-9(6-11(15)19-12)14(21)17-8-13(20)18-10-3-4-10/h6-7,10H,2-5,8H2,1H3,(H,16,19)(H,17,21)(H,18,20). The second-order valence-corrected chi connectivity index (χ2v) is 5.40. The Bertz CT molecular complexity index is 532. The lowest BCUT2D eigenvalue weighted by atomic mass is 10.2. The monoisotopic (exact) mass is 310 g/mol. The van der Waals surface area contributed by atoms with E-state index in [2.05, 4.69) is 20.9 Å². The van der Waals surface area contributed by atoms with Crippen molar-refractivity contribution in [1.82, 2.24) is 15.6 Å². The number of carbonyl (C=O) groups is 2. The van der Waals surface area contributed by atoms with Crippen molar-refractivity contribution in [3.8, 4) is 0 Å². The van der Waals surface area contributed by atoms with Crippen LogP contribution in [0, 0.1) is 0 Å². The number of amides is 2. The number of hydrogen-bond donors (Lipinski definition) is 3. The number of rotatable bonds is 7. The average molecular weight is 311 g/mol. The summed E-state index contributed by atoms with van der Waals surface area (Å²) in [7, 11) is 0. The van der Waals surface area contributed by atoms with Crippen LogP contribution < -0.4 is 16.0 Å². The summed E-state index contributed by atoms with van der Waals surface area (Å²) in [6.07, 6.45) is 2.98. The maximum absolute atomic E-state index is 12.0. The Morgan fingerprint density at radius 1 is 1.38 bits per heavy atom. The fourth-order valence-electron chi connectivity index (χ4n) is 1.74. The molecule has 0 aliphatic heterocycles. The third kappa shape index (κ3) is 5.23. The summed E-state index contributed by atoms with van der Waals surface area (Å²) in [6.45, 7) is 2.74. The quantitative estimate of drug-likeness (QED) is 0.668. The largest absolute Gasteiger partial charge is 0.370 e. The van der Waals surface area contributed by atoms with Gasteiger partial charge in [0.15, 0.2) is 0 Å². The molecule has 0 bridgehead atoms. The Morgan fingerprint density at radius 2 is 2.14 bits per heavy atom. The number of halogens is 1. The summed E-state index contributed by atoms with van der Waals surface area (Å²) in [6, 6.07) is 3.39. The van der Waals surface area contributed by atoms with E-state index in [4.69, 9.17) is 11.6 Å². The van der Waals surface area contributed by atoms with Crippen LogP contribution in [0.15, 0.2) is 12.1 Å². The Kier molecular flexibility index (Phi) is 5.38. The molecule has 1 fully saturated rings. The zero-order valence-corrected chi connectivity index (χ0v) is 12.7. The Labute approximate surface area is 128 Å². The van der Waals surface area contributed by atoms with Gasteiger partial charge in [-0.2, -0.15) is 0 Å². The first kappa shape index (κ1) is 15.6. The summed E-state index contributed by atoms with van der Waals surface area (Å²) in [5.41, 5.74) is 0.382. The van der Waals surface area contributed by atoms with Gasteiger partial charge in [-0.05, 0) is 31.4 Å². The van der Waals surface area contributed by atoms with E-state index in [0.29, 0.717) is 11.4 Å². The van der Waals surface area contributed by atoms with Crippen LogP contribution in [-0.2, 0) is 4.79 Å². The number of pyridine rings is 1. The molecule has 1 aromatic heterocycles. The van der Waals surface area contributed by atoms with Crippen molar-refractivity contribution >= 4 is 29.2 Å². The molecule has 0 atom stereocenters. The van der Waals surface area contributed by atoms with Crippen LogP contribution in [0.3, 0.4) is 0 Å². The molecule has 0 unspecified atom stereocenters. The van der Waals surface area contributed by atoms with Gasteiger partial charge in [0.2, 0.25) is 5.91 Å². The van der Waals surface area contributed by atoms with E-state index in [1.807, 2.05) is 6.92 Å². The molecule has 21 heavy (non-hydrogen) atoms. The Hall–Kier alpha value is -1.82. The first-order valence-electron chi connectivity index (χ1n) is 7.07. The molecule has 1 aliphatic rings. The van der Waals surface area contributed by atoms with Crippen molar-refractivity contribution in [2.75, 3.05) is 18.4 Å². The molecule has 0 radical (unpaired) electrons. The van der Waals surface area contributed by atoms with Crippen molar-refractivity contribution in [2.45, 2.75) is 32.2 Å². The van der Waals surface area contributed by atoms with Crippen LogP contribution >= 0.6 is 11.6 Å². The number of hydrogen-bond acceptors (Lipinski definition) is 4. The van der Waals surface area contributed by atoms with E-state index in [9.17, 15) is 9.59 Å². The molecule has 0 spiro atoms. The highest BCUT2D eigenvalue weighted by atomic mass is 35.5. The lowest BCUT2D eigenvalue weighted by molar-refractivity contribution is -0.120. The van der Waals surface area contributed by atoms with E-state index >= 15 is 0 Å². The highest BCUT2D eigenvalue weighted by Crippen LogP contribution is 2.18. The van der Waals surface area contributed by atoms with Crippen LogP contribution in [-0.4, -0.2) is 35.9 Å². The number of aromatic nitrogens is 1. The normalized spacial score (nSPS) is 13.6. The van der Waals surface area contributed by atoms with Gasteiger partial charge in [0.1, 0.15) is 11.0 Å². The summed E-state index contributed by atoms with van der Waals surface area (Å²) < 4.78 is 0. The number of carbonyl (C=O) groups excluding carboxylic acids is 2. The molecule has 1 aromatic rings. The first-order chi connectivity index (χ1) is 10.1. The van der Waals surface area contributed by atoms with Gasteiger partial charge < -0.3 is 16.0 Å². The number of nitrogens with one attached hydrogen (secondary N) is 3. The van der Waals surface area contributed by atoms with Crippen LogP contribution in [0.1, 0.15) is 36.5 Å². The average Bonchev–Trinajstić information content (AvgIpc) is 3.25. The van der Waals surface area contributed by atoms with Crippen molar-refractivity contribution in [2.24, 2.45) is 0 Å². The Morgan fingerprint density at radius 3 is 2.81 bits per heavy atom. The van der Waals surface area contributed by atoms with Gasteiger partial charge in [-0.25, -0.2) is 4.98 Å². The first-order valence-corrected chi connectivity index (χ1v) is 7.45. The van der Waals surface area contributed by atoms with Crippen LogP contribution in [0.4, 0.5) is 5.82 Å². The highest BCUT2D eigenvalue weighted by molar-refractivity contribution is 6.29. The number of nitrogens with zero attached hydrogens (tertiary/aromatic N) is 1.